The maximum Gasteiger partial charge on any atom is 0.248 e. The molecule has 3 rings (SSSR count). The molecule has 7 nitrogen and oxygen atoms in total. The number of ketones is 1. The molecule has 24 heavy (non-hydrogen) atoms. The Labute approximate surface area is 141 Å². The van der Waals surface area contributed by atoms with Gasteiger partial charge in [0, 0.05) is 44.1 Å². The average molecular weight is 329 g/mol. The van der Waals surface area contributed by atoms with Crippen LogP contribution in [-0.2, 0) is 9.59 Å². The SMILES string of the molecule is NCCN=C1CC2=CN(NCCN)C(=O)C3C=CC=CC23CC1=O. The van der Waals surface area contributed by atoms with E-state index in [2.05, 4.69) is 10.4 Å². The molecule has 2 aliphatic carbocycles. The van der Waals surface area contributed by atoms with Crippen LogP contribution in [0.1, 0.15) is 12.8 Å². The highest BCUT2D eigenvalue weighted by Gasteiger charge is 2.52. The van der Waals surface area contributed by atoms with Crippen LogP contribution in [0, 0.1) is 11.3 Å². The Morgan fingerprint density at radius 1 is 1.29 bits per heavy atom. The summed E-state index contributed by atoms with van der Waals surface area (Å²) in [5, 5.41) is 1.50. The van der Waals surface area contributed by atoms with Crippen LogP contribution in [-0.4, -0.2) is 48.6 Å². The molecule has 1 heterocycles. The number of nitrogens with two attached hydrogens (primary N) is 2. The lowest BCUT2D eigenvalue weighted by Gasteiger charge is -2.47. The molecule has 0 aromatic carbocycles. The first-order valence-electron chi connectivity index (χ1n) is 8.23. The largest absolute Gasteiger partial charge is 0.329 e. The Hall–Kier alpha value is -2.09. The molecule has 1 fully saturated rings. The van der Waals surface area contributed by atoms with Gasteiger partial charge < -0.3 is 11.5 Å². The number of carbonyl (C=O) groups excluding carboxylic acids is 2. The third-order valence-corrected chi connectivity index (χ3v) is 4.74. The van der Waals surface area contributed by atoms with Crippen LogP contribution in [0.5, 0.6) is 0 Å². The number of nitrogens with one attached hydrogen (secondary N) is 1. The van der Waals surface area contributed by atoms with E-state index in [4.69, 9.17) is 11.5 Å². The van der Waals surface area contributed by atoms with Crippen molar-refractivity contribution in [1.29, 1.82) is 0 Å². The van der Waals surface area contributed by atoms with Crippen molar-refractivity contribution in [3.63, 3.8) is 0 Å². The first kappa shape index (κ1) is 16.8. The molecule has 0 aromatic rings. The second kappa shape index (κ2) is 6.80. The van der Waals surface area contributed by atoms with E-state index in [1.165, 1.54) is 5.01 Å². The van der Waals surface area contributed by atoms with Gasteiger partial charge in [0.05, 0.1) is 18.2 Å². The number of hydrogen-bond donors (Lipinski definition) is 3. The van der Waals surface area contributed by atoms with E-state index in [0.29, 0.717) is 38.3 Å². The zero-order chi connectivity index (χ0) is 17.2. The van der Waals surface area contributed by atoms with Gasteiger partial charge in [-0.3, -0.25) is 19.6 Å². The highest BCUT2D eigenvalue weighted by atomic mass is 16.2. The van der Waals surface area contributed by atoms with E-state index < -0.39 is 5.41 Å². The van der Waals surface area contributed by atoms with Crippen molar-refractivity contribution in [3.05, 3.63) is 36.1 Å². The zero-order valence-corrected chi connectivity index (χ0v) is 13.6. The van der Waals surface area contributed by atoms with Crippen molar-refractivity contribution in [2.45, 2.75) is 12.8 Å². The van der Waals surface area contributed by atoms with Gasteiger partial charge >= 0.3 is 0 Å². The van der Waals surface area contributed by atoms with Crippen molar-refractivity contribution in [2.75, 3.05) is 26.2 Å². The third kappa shape index (κ3) is 2.75. The number of hydrogen-bond acceptors (Lipinski definition) is 6. The van der Waals surface area contributed by atoms with Crippen LogP contribution in [0.4, 0.5) is 0 Å². The Balaban J connectivity index is 1.99. The van der Waals surface area contributed by atoms with Gasteiger partial charge in [0.25, 0.3) is 0 Å². The minimum absolute atomic E-state index is 0.00159. The monoisotopic (exact) mass is 329 g/mol. The molecule has 2 atom stereocenters. The molecule has 1 spiro atoms. The van der Waals surface area contributed by atoms with E-state index in [1.807, 2.05) is 30.5 Å². The van der Waals surface area contributed by atoms with Gasteiger partial charge in [-0.2, -0.15) is 0 Å². The van der Waals surface area contributed by atoms with Gasteiger partial charge in [-0.1, -0.05) is 24.3 Å². The molecule has 5 N–H and O–H groups in total. The lowest BCUT2D eigenvalue weighted by atomic mass is 9.59. The highest BCUT2D eigenvalue weighted by Crippen LogP contribution is 2.50. The minimum atomic E-state index is -0.564. The first-order valence-corrected chi connectivity index (χ1v) is 8.23. The number of hydrazine groups is 1. The molecule has 2 unspecified atom stereocenters. The lowest BCUT2D eigenvalue weighted by molar-refractivity contribution is -0.138. The molecule has 0 aromatic heterocycles. The van der Waals surface area contributed by atoms with E-state index in [-0.39, 0.29) is 24.0 Å². The minimum Gasteiger partial charge on any atom is -0.329 e. The molecule has 3 aliphatic rings. The fraction of sp³-hybridized carbons (Fsp3) is 0.471. The van der Waals surface area contributed by atoms with Gasteiger partial charge in [0.1, 0.15) is 0 Å². The van der Waals surface area contributed by atoms with Gasteiger partial charge in [0.15, 0.2) is 5.78 Å². The molecule has 0 saturated heterocycles. The van der Waals surface area contributed by atoms with Crippen molar-refractivity contribution in [3.8, 4) is 0 Å². The fourth-order valence-corrected chi connectivity index (χ4v) is 3.57. The van der Waals surface area contributed by atoms with E-state index in [1.54, 1.807) is 0 Å². The first-order chi connectivity index (χ1) is 11.6. The molecule has 0 radical (unpaired) electrons. The summed E-state index contributed by atoms with van der Waals surface area (Å²) in [5.74, 6) is -0.447. The zero-order valence-electron chi connectivity index (χ0n) is 13.6. The normalized spacial score (nSPS) is 30.4. The predicted octanol–water partition coefficient (Wildman–Crippen LogP) is -0.333. The van der Waals surface area contributed by atoms with Gasteiger partial charge in [-0.25, -0.2) is 5.43 Å². The van der Waals surface area contributed by atoms with Gasteiger partial charge in [0.2, 0.25) is 5.91 Å². The second-order valence-corrected chi connectivity index (χ2v) is 6.22. The van der Waals surface area contributed by atoms with Crippen molar-refractivity contribution < 1.29 is 9.59 Å². The molecule has 1 amide bonds. The standard InChI is InChI=1S/C17H23N5O2/c18-5-7-20-14-9-12-11-22(21-8-6-19)16(24)13-3-1-2-4-17(12,13)10-15(14)23/h1-4,11,13,21H,5-10,18-19H2. The number of rotatable bonds is 5. The Morgan fingerprint density at radius 2 is 2.12 bits per heavy atom. The van der Waals surface area contributed by atoms with E-state index >= 15 is 0 Å². The number of aliphatic imine (C=N–C) groups is 1. The maximum absolute atomic E-state index is 12.8. The summed E-state index contributed by atoms with van der Waals surface area (Å²) in [4.78, 5) is 29.7. The van der Waals surface area contributed by atoms with E-state index in [0.717, 1.165) is 5.57 Å². The predicted molar refractivity (Wildman–Crippen MR) is 91.8 cm³/mol. The fourth-order valence-electron chi connectivity index (χ4n) is 3.57. The van der Waals surface area contributed by atoms with Crippen LogP contribution in [0.15, 0.2) is 41.1 Å². The number of carbonyl (C=O) groups is 2. The molecule has 1 aliphatic heterocycles. The summed E-state index contributed by atoms with van der Waals surface area (Å²) < 4.78 is 0. The van der Waals surface area contributed by atoms with Crippen LogP contribution < -0.4 is 16.9 Å². The van der Waals surface area contributed by atoms with Gasteiger partial charge in [-0.15, -0.1) is 0 Å². The summed E-state index contributed by atoms with van der Waals surface area (Å²) in [6.45, 7) is 1.78. The maximum atomic E-state index is 12.8. The summed E-state index contributed by atoms with van der Waals surface area (Å²) >= 11 is 0. The Bertz CT molecular complexity index is 664. The summed E-state index contributed by atoms with van der Waals surface area (Å²) in [6.07, 6.45) is 10.2. The van der Waals surface area contributed by atoms with Crippen LogP contribution in [0.25, 0.3) is 0 Å². The van der Waals surface area contributed by atoms with Gasteiger partial charge in [-0.05, 0) is 5.57 Å². The molecule has 7 heteroatoms. The molecular formula is C17H23N5O2. The summed E-state index contributed by atoms with van der Waals surface area (Å²) in [7, 11) is 0. The molecule has 128 valence electrons. The van der Waals surface area contributed by atoms with E-state index in [9.17, 15) is 9.59 Å². The summed E-state index contributed by atoms with van der Waals surface area (Å²) in [6, 6.07) is 0. The quantitative estimate of drug-likeness (QED) is 0.639. The third-order valence-electron chi connectivity index (χ3n) is 4.74. The number of amides is 1. The smallest absolute Gasteiger partial charge is 0.248 e. The van der Waals surface area contributed by atoms with Crippen molar-refractivity contribution >= 4 is 17.4 Å². The van der Waals surface area contributed by atoms with Crippen LogP contribution in [0.2, 0.25) is 0 Å². The Morgan fingerprint density at radius 3 is 2.88 bits per heavy atom. The van der Waals surface area contributed by atoms with Crippen molar-refractivity contribution in [1.82, 2.24) is 10.4 Å². The number of allylic oxidation sites excluding steroid dienone is 4. The number of nitrogens with zero attached hydrogens (tertiary/aromatic N) is 2. The molecule has 0 bridgehead atoms. The average Bonchev–Trinajstić information content (AvgIpc) is 2.58. The second-order valence-electron chi connectivity index (χ2n) is 6.22. The molecular weight excluding hydrogens is 306 g/mol. The summed E-state index contributed by atoms with van der Waals surface area (Å²) in [5.41, 5.74) is 15.1. The lowest BCUT2D eigenvalue weighted by Crippen LogP contribution is -2.55. The molecule has 1 saturated carbocycles. The van der Waals surface area contributed by atoms with Crippen LogP contribution in [0.3, 0.4) is 0 Å². The van der Waals surface area contributed by atoms with Crippen LogP contribution >= 0.6 is 0 Å². The Kier molecular flexibility index (Phi) is 4.75. The topological polar surface area (TPSA) is 114 Å². The number of Topliss-reactive ketones (excluding diaryl/α,β-unsaturated/α-hetero) is 1. The van der Waals surface area contributed by atoms with Crippen molar-refractivity contribution in [2.24, 2.45) is 27.8 Å². The highest BCUT2D eigenvalue weighted by molar-refractivity contribution is 6.41.